The van der Waals surface area contributed by atoms with Crippen molar-refractivity contribution in [2.45, 2.75) is 44.4 Å². The van der Waals surface area contributed by atoms with Crippen LogP contribution in [-0.2, 0) is 16.1 Å². The molecule has 0 saturated carbocycles. The standard InChI is InChI=1S/C17H19F3N2O3/c1-10(17(18,19)20)11-5-3-6-12-13(11)9-22(16(12)25)14(7-4-8-23)15(24)21-2/h3,5-6,8,10,14H,4,7,9H2,1-2H3,(H,21,24). The third kappa shape index (κ3) is 3.67. The summed E-state index contributed by atoms with van der Waals surface area (Å²) in [5.41, 5.74) is 0.498. The average molecular weight is 356 g/mol. The van der Waals surface area contributed by atoms with Gasteiger partial charge in [0.2, 0.25) is 5.91 Å². The largest absolute Gasteiger partial charge is 0.395 e. The molecule has 0 fully saturated rings. The fourth-order valence-electron chi connectivity index (χ4n) is 3.03. The molecule has 0 aliphatic carbocycles. The highest BCUT2D eigenvalue weighted by molar-refractivity contribution is 6.01. The number of hydrogen-bond acceptors (Lipinski definition) is 3. The van der Waals surface area contributed by atoms with Crippen LogP contribution >= 0.6 is 0 Å². The molecule has 2 amide bonds. The molecule has 1 aliphatic rings. The van der Waals surface area contributed by atoms with Crippen molar-refractivity contribution in [1.82, 2.24) is 10.2 Å². The van der Waals surface area contributed by atoms with Crippen molar-refractivity contribution in [3.05, 3.63) is 34.9 Å². The van der Waals surface area contributed by atoms with Gasteiger partial charge in [0.05, 0.1) is 5.92 Å². The zero-order valence-corrected chi connectivity index (χ0v) is 13.9. The topological polar surface area (TPSA) is 66.5 Å². The summed E-state index contributed by atoms with van der Waals surface area (Å²) < 4.78 is 39.3. The van der Waals surface area contributed by atoms with Crippen LogP contribution < -0.4 is 5.32 Å². The molecule has 5 nitrogen and oxygen atoms in total. The number of nitrogens with zero attached hydrogens (tertiary/aromatic N) is 1. The zero-order valence-electron chi connectivity index (χ0n) is 13.9. The highest BCUT2D eigenvalue weighted by atomic mass is 19.4. The van der Waals surface area contributed by atoms with Gasteiger partial charge >= 0.3 is 6.18 Å². The van der Waals surface area contributed by atoms with Gasteiger partial charge in [-0.3, -0.25) is 9.59 Å². The summed E-state index contributed by atoms with van der Waals surface area (Å²) in [5, 5.41) is 2.43. The van der Waals surface area contributed by atoms with Crippen LogP contribution in [0.2, 0.25) is 0 Å². The van der Waals surface area contributed by atoms with Crippen molar-refractivity contribution in [2.75, 3.05) is 7.05 Å². The molecule has 25 heavy (non-hydrogen) atoms. The number of alkyl halides is 3. The van der Waals surface area contributed by atoms with Gasteiger partial charge in [-0.1, -0.05) is 12.1 Å². The monoisotopic (exact) mass is 356 g/mol. The molecule has 0 bridgehead atoms. The average Bonchev–Trinajstić information content (AvgIpc) is 2.90. The normalized spacial score (nSPS) is 16.4. The molecule has 1 aromatic carbocycles. The van der Waals surface area contributed by atoms with Crippen LogP contribution in [0.15, 0.2) is 18.2 Å². The fourth-order valence-corrected chi connectivity index (χ4v) is 3.03. The van der Waals surface area contributed by atoms with Gasteiger partial charge in [-0.05, 0) is 30.5 Å². The second-order valence-corrected chi connectivity index (χ2v) is 5.94. The lowest BCUT2D eigenvalue weighted by Crippen LogP contribution is -2.46. The highest BCUT2D eigenvalue weighted by Gasteiger charge is 2.42. The quantitative estimate of drug-likeness (QED) is 0.796. The van der Waals surface area contributed by atoms with Crippen LogP contribution in [0.3, 0.4) is 0 Å². The minimum Gasteiger partial charge on any atom is -0.357 e. The van der Waals surface area contributed by atoms with E-state index in [-0.39, 0.29) is 36.1 Å². The Kier molecular flexibility index (Phi) is 5.49. The van der Waals surface area contributed by atoms with Crippen LogP contribution in [0.25, 0.3) is 0 Å². The molecule has 8 heteroatoms. The third-order valence-electron chi connectivity index (χ3n) is 4.47. The SMILES string of the molecule is CNC(=O)C(CCC=O)N1Cc2c(cccc2C(C)C(F)(F)F)C1=O. The molecule has 1 aromatic rings. The van der Waals surface area contributed by atoms with Crippen LogP contribution in [0.4, 0.5) is 13.2 Å². The van der Waals surface area contributed by atoms with Crippen molar-refractivity contribution < 1.29 is 27.6 Å². The second-order valence-electron chi connectivity index (χ2n) is 5.94. The first-order chi connectivity index (χ1) is 11.7. The maximum Gasteiger partial charge on any atom is 0.395 e. The molecule has 0 radical (unpaired) electrons. The van der Waals surface area contributed by atoms with Gasteiger partial charge in [-0.15, -0.1) is 0 Å². The molecule has 1 heterocycles. The molecule has 0 saturated heterocycles. The first-order valence-corrected chi connectivity index (χ1v) is 7.87. The van der Waals surface area contributed by atoms with Gasteiger partial charge in [0.25, 0.3) is 5.91 Å². The molecule has 0 aromatic heterocycles. The lowest BCUT2D eigenvalue weighted by atomic mass is 9.93. The molecule has 1 N–H and O–H groups in total. The van der Waals surface area contributed by atoms with Crippen molar-refractivity contribution in [2.24, 2.45) is 0 Å². The summed E-state index contributed by atoms with van der Waals surface area (Å²) in [6.07, 6.45) is -3.60. The first kappa shape index (κ1) is 19.0. The predicted octanol–water partition coefficient (Wildman–Crippen LogP) is 2.40. The van der Waals surface area contributed by atoms with Gasteiger partial charge in [0, 0.05) is 25.6 Å². The van der Waals surface area contributed by atoms with E-state index < -0.39 is 30.0 Å². The summed E-state index contributed by atoms with van der Waals surface area (Å²) in [4.78, 5) is 36.6. The summed E-state index contributed by atoms with van der Waals surface area (Å²) >= 11 is 0. The molecule has 2 unspecified atom stereocenters. The van der Waals surface area contributed by atoms with E-state index in [4.69, 9.17) is 0 Å². The summed E-state index contributed by atoms with van der Waals surface area (Å²) in [5.74, 6) is -2.66. The Bertz CT molecular complexity index is 688. The Balaban J connectivity index is 2.39. The lowest BCUT2D eigenvalue weighted by Gasteiger charge is -2.26. The Morgan fingerprint density at radius 1 is 1.40 bits per heavy atom. The van der Waals surface area contributed by atoms with Crippen LogP contribution in [-0.4, -0.2) is 42.3 Å². The van der Waals surface area contributed by atoms with Gasteiger partial charge in [-0.25, -0.2) is 0 Å². The van der Waals surface area contributed by atoms with Crippen molar-refractivity contribution in [3.63, 3.8) is 0 Å². The number of aldehydes is 1. The fraction of sp³-hybridized carbons (Fsp3) is 0.471. The van der Waals surface area contributed by atoms with Gasteiger partial charge in [0.15, 0.2) is 0 Å². The number of carbonyl (C=O) groups excluding carboxylic acids is 3. The van der Waals surface area contributed by atoms with E-state index in [0.717, 1.165) is 6.92 Å². The first-order valence-electron chi connectivity index (χ1n) is 7.87. The Morgan fingerprint density at radius 2 is 2.08 bits per heavy atom. The van der Waals surface area contributed by atoms with E-state index >= 15 is 0 Å². The molecular formula is C17H19F3N2O3. The van der Waals surface area contributed by atoms with E-state index in [1.54, 1.807) is 0 Å². The van der Waals surface area contributed by atoms with E-state index in [1.807, 2.05) is 0 Å². The number of likely N-dealkylation sites (N-methyl/N-ethyl adjacent to an activating group) is 1. The molecule has 1 aliphatic heterocycles. The van der Waals surface area contributed by atoms with Crippen LogP contribution in [0.5, 0.6) is 0 Å². The number of fused-ring (bicyclic) bond motifs is 1. The summed E-state index contributed by atoms with van der Waals surface area (Å²) in [6, 6.07) is 3.33. The Hall–Kier alpha value is -2.38. The zero-order chi connectivity index (χ0) is 18.8. The van der Waals surface area contributed by atoms with E-state index in [0.29, 0.717) is 6.29 Å². The number of amides is 2. The molecule has 136 valence electrons. The molecular weight excluding hydrogens is 337 g/mol. The number of hydrogen-bond donors (Lipinski definition) is 1. The van der Waals surface area contributed by atoms with Crippen LogP contribution in [0, 0.1) is 0 Å². The van der Waals surface area contributed by atoms with Gasteiger partial charge in [0.1, 0.15) is 12.3 Å². The summed E-state index contributed by atoms with van der Waals surface area (Å²) in [7, 11) is 1.40. The number of halogens is 3. The highest BCUT2D eigenvalue weighted by Crippen LogP contribution is 2.39. The number of carbonyl (C=O) groups is 3. The second kappa shape index (κ2) is 7.25. The smallest absolute Gasteiger partial charge is 0.357 e. The van der Waals surface area contributed by atoms with Crippen LogP contribution in [0.1, 0.15) is 47.2 Å². The molecule has 0 spiro atoms. The minimum atomic E-state index is -4.43. The number of nitrogens with one attached hydrogen (secondary N) is 1. The Labute approximate surface area is 143 Å². The number of benzene rings is 1. The van der Waals surface area contributed by atoms with E-state index in [2.05, 4.69) is 5.32 Å². The van der Waals surface area contributed by atoms with Crippen molar-refractivity contribution in [3.8, 4) is 0 Å². The summed E-state index contributed by atoms with van der Waals surface area (Å²) in [6.45, 7) is 0.965. The van der Waals surface area contributed by atoms with Gasteiger partial charge in [-0.2, -0.15) is 13.2 Å². The minimum absolute atomic E-state index is 0.0342. The maximum absolute atomic E-state index is 13.1. The third-order valence-corrected chi connectivity index (χ3v) is 4.47. The maximum atomic E-state index is 13.1. The Morgan fingerprint density at radius 3 is 2.64 bits per heavy atom. The van der Waals surface area contributed by atoms with Gasteiger partial charge < -0.3 is 15.0 Å². The van der Waals surface area contributed by atoms with Crippen molar-refractivity contribution >= 4 is 18.1 Å². The van der Waals surface area contributed by atoms with E-state index in [9.17, 15) is 27.6 Å². The van der Waals surface area contributed by atoms with Crippen molar-refractivity contribution in [1.29, 1.82) is 0 Å². The lowest BCUT2D eigenvalue weighted by molar-refractivity contribution is -0.146. The molecule has 2 atom stereocenters. The number of rotatable bonds is 6. The predicted molar refractivity (Wildman–Crippen MR) is 83.9 cm³/mol. The van der Waals surface area contributed by atoms with E-state index in [1.165, 1.54) is 30.1 Å². The molecule has 2 rings (SSSR count).